The third-order valence-electron chi connectivity index (χ3n) is 4.86. The smallest absolute Gasteiger partial charge is 0.257 e. The zero-order valence-electron chi connectivity index (χ0n) is 16.1. The number of thiazole rings is 1. The van der Waals surface area contributed by atoms with E-state index in [1.54, 1.807) is 12.1 Å². The topological polar surface area (TPSA) is 83.1 Å². The first-order valence-corrected chi connectivity index (χ1v) is 10.9. The lowest BCUT2D eigenvalue weighted by Gasteiger charge is -2.22. The van der Waals surface area contributed by atoms with Crippen LogP contribution in [0.3, 0.4) is 0 Å². The van der Waals surface area contributed by atoms with E-state index in [9.17, 15) is 9.59 Å². The molecule has 1 heterocycles. The van der Waals surface area contributed by atoms with Crippen molar-refractivity contribution in [3.05, 3.63) is 47.0 Å². The first kappa shape index (κ1) is 20.5. The Kier molecular flexibility index (Phi) is 7.99. The highest BCUT2D eigenvalue weighted by molar-refractivity contribution is 7.14. The van der Waals surface area contributed by atoms with E-state index in [1.807, 2.05) is 23.6 Å². The SMILES string of the molecule is O=C(Cc1csc(NC(=O)c2ccccc2)n1)NCCCNC1CCCCC1. The molecule has 0 saturated heterocycles. The third-order valence-corrected chi connectivity index (χ3v) is 5.67. The van der Waals surface area contributed by atoms with Crippen molar-refractivity contribution in [3.63, 3.8) is 0 Å². The molecule has 7 heteroatoms. The first-order chi connectivity index (χ1) is 13.7. The first-order valence-electron chi connectivity index (χ1n) is 10.0. The second-order valence-corrected chi connectivity index (χ2v) is 7.99. The van der Waals surface area contributed by atoms with E-state index in [0.717, 1.165) is 13.0 Å². The Morgan fingerprint density at radius 1 is 1.07 bits per heavy atom. The molecule has 0 atom stereocenters. The molecular formula is C21H28N4O2S. The van der Waals surface area contributed by atoms with Gasteiger partial charge in [0.05, 0.1) is 12.1 Å². The molecule has 1 fully saturated rings. The van der Waals surface area contributed by atoms with Crippen LogP contribution in [-0.2, 0) is 11.2 Å². The number of carbonyl (C=O) groups excluding carboxylic acids is 2. The standard InChI is InChI=1S/C21H28N4O2S/c26-19(23-13-7-12-22-17-10-5-2-6-11-17)14-18-15-28-21(24-18)25-20(27)16-8-3-1-4-9-16/h1,3-4,8-9,15,17,22H,2,5-7,10-14H2,(H,23,26)(H,24,25,27). The summed E-state index contributed by atoms with van der Waals surface area (Å²) in [6, 6.07) is 9.65. The fourth-order valence-electron chi connectivity index (χ4n) is 3.36. The molecule has 6 nitrogen and oxygen atoms in total. The lowest BCUT2D eigenvalue weighted by molar-refractivity contribution is -0.120. The van der Waals surface area contributed by atoms with Crippen LogP contribution in [0.25, 0.3) is 0 Å². The van der Waals surface area contributed by atoms with Crippen LogP contribution in [0.4, 0.5) is 5.13 Å². The molecule has 1 aliphatic carbocycles. The van der Waals surface area contributed by atoms with Gasteiger partial charge in [0.1, 0.15) is 0 Å². The van der Waals surface area contributed by atoms with Gasteiger partial charge >= 0.3 is 0 Å². The molecule has 0 radical (unpaired) electrons. The van der Waals surface area contributed by atoms with Crippen molar-refractivity contribution in [3.8, 4) is 0 Å². The van der Waals surface area contributed by atoms with Gasteiger partial charge in [-0.3, -0.25) is 14.9 Å². The zero-order valence-corrected chi connectivity index (χ0v) is 16.9. The molecule has 2 amide bonds. The van der Waals surface area contributed by atoms with Crippen LogP contribution in [-0.4, -0.2) is 35.9 Å². The molecule has 0 aliphatic heterocycles. The van der Waals surface area contributed by atoms with Gasteiger partial charge in [0.2, 0.25) is 5.91 Å². The van der Waals surface area contributed by atoms with E-state index >= 15 is 0 Å². The summed E-state index contributed by atoms with van der Waals surface area (Å²) in [6.07, 6.45) is 7.73. The number of nitrogens with zero attached hydrogens (tertiary/aromatic N) is 1. The van der Waals surface area contributed by atoms with Gasteiger partial charge in [-0.05, 0) is 37.9 Å². The van der Waals surface area contributed by atoms with Gasteiger partial charge < -0.3 is 10.6 Å². The van der Waals surface area contributed by atoms with E-state index in [0.29, 0.717) is 29.0 Å². The van der Waals surface area contributed by atoms with Crippen LogP contribution in [0.5, 0.6) is 0 Å². The number of carbonyl (C=O) groups is 2. The zero-order chi connectivity index (χ0) is 19.6. The van der Waals surface area contributed by atoms with Crippen LogP contribution in [0, 0.1) is 0 Å². The molecule has 0 unspecified atom stereocenters. The van der Waals surface area contributed by atoms with Gasteiger partial charge in [-0.15, -0.1) is 11.3 Å². The van der Waals surface area contributed by atoms with Crippen LogP contribution in [0.1, 0.15) is 54.6 Å². The summed E-state index contributed by atoms with van der Waals surface area (Å²) in [4.78, 5) is 28.5. The molecule has 0 bridgehead atoms. The van der Waals surface area contributed by atoms with Crippen molar-refractivity contribution < 1.29 is 9.59 Å². The Hall–Kier alpha value is -2.25. The monoisotopic (exact) mass is 400 g/mol. The number of benzene rings is 1. The van der Waals surface area contributed by atoms with E-state index in [-0.39, 0.29) is 18.2 Å². The van der Waals surface area contributed by atoms with E-state index in [4.69, 9.17) is 0 Å². The molecule has 1 aliphatic rings. The minimum atomic E-state index is -0.198. The van der Waals surface area contributed by atoms with Crippen molar-refractivity contribution in [2.24, 2.45) is 0 Å². The molecule has 3 N–H and O–H groups in total. The molecule has 150 valence electrons. The van der Waals surface area contributed by atoms with Crippen molar-refractivity contribution in [2.45, 2.75) is 51.0 Å². The molecule has 1 aromatic heterocycles. The maximum absolute atomic E-state index is 12.1. The minimum absolute atomic E-state index is 0.0381. The van der Waals surface area contributed by atoms with Gasteiger partial charge in [0.15, 0.2) is 5.13 Å². The predicted octanol–water partition coefficient (Wildman–Crippen LogP) is 3.37. The summed E-state index contributed by atoms with van der Waals surface area (Å²) in [5.41, 5.74) is 1.25. The summed E-state index contributed by atoms with van der Waals surface area (Å²) in [5, 5.41) is 11.6. The van der Waals surface area contributed by atoms with Gasteiger partial charge in [0, 0.05) is 23.5 Å². The van der Waals surface area contributed by atoms with Gasteiger partial charge in [-0.2, -0.15) is 0 Å². The van der Waals surface area contributed by atoms with Crippen LogP contribution >= 0.6 is 11.3 Å². The lowest BCUT2D eigenvalue weighted by Crippen LogP contribution is -2.34. The number of aromatic nitrogens is 1. The quantitative estimate of drug-likeness (QED) is 0.564. The highest BCUT2D eigenvalue weighted by Crippen LogP contribution is 2.18. The maximum Gasteiger partial charge on any atom is 0.257 e. The number of nitrogens with one attached hydrogen (secondary N) is 3. The number of hydrogen-bond acceptors (Lipinski definition) is 5. The normalized spacial score (nSPS) is 14.6. The fraction of sp³-hybridized carbons (Fsp3) is 0.476. The lowest BCUT2D eigenvalue weighted by atomic mass is 9.95. The maximum atomic E-state index is 12.1. The van der Waals surface area contributed by atoms with Gasteiger partial charge in [-0.1, -0.05) is 37.5 Å². The average molecular weight is 401 g/mol. The van der Waals surface area contributed by atoms with Crippen molar-refractivity contribution in [1.29, 1.82) is 0 Å². The Morgan fingerprint density at radius 2 is 1.86 bits per heavy atom. The second-order valence-electron chi connectivity index (χ2n) is 7.13. The molecule has 1 saturated carbocycles. The van der Waals surface area contributed by atoms with Crippen LogP contribution in [0.2, 0.25) is 0 Å². The van der Waals surface area contributed by atoms with Crippen molar-refractivity contribution in [1.82, 2.24) is 15.6 Å². The predicted molar refractivity (Wildman–Crippen MR) is 113 cm³/mol. The highest BCUT2D eigenvalue weighted by Gasteiger charge is 2.13. The molecule has 2 aromatic rings. The summed E-state index contributed by atoms with van der Waals surface area (Å²) in [6.45, 7) is 1.61. The Labute approximate surface area is 170 Å². The second kappa shape index (κ2) is 10.9. The Balaban J connectivity index is 1.33. The molecule has 0 spiro atoms. The highest BCUT2D eigenvalue weighted by atomic mass is 32.1. The summed E-state index contributed by atoms with van der Waals surface area (Å²) in [7, 11) is 0. The molecule has 28 heavy (non-hydrogen) atoms. The number of hydrogen-bond donors (Lipinski definition) is 3. The van der Waals surface area contributed by atoms with Crippen LogP contribution in [0.15, 0.2) is 35.7 Å². The number of amides is 2. The van der Waals surface area contributed by atoms with Gasteiger partial charge in [-0.25, -0.2) is 4.98 Å². The summed E-state index contributed by atoms with van der Waals surface area (Å²) < 4.78 is 0. The molecular weight excluding hydrogens is 372 g/mol. The van der Waals surface area contributed by atoms with E-state index in [2.05, 4.69) is 20.9 Å². The largest absolute Gasteiger partial charge is 0.356 e. The van der Waals surface area contributed by atoms with E-state index in [1.165, 1.54) is 43.4 Å². The number of anilines is 1. The van der Waals surface area contributed by atoms with E-state index < -0.39 is 0 Å². The Morgan fingerprint density at radius 3 is 2.64 bits per heavy atom. The summed E-state index contributed by atoms with van der Waals surface area (Å²) in [5.74, 6) is -0.236. The van der Waals surface area contributed by atoms with Crippen molar-refractivity contribution >= 4 is 28.3 Å². The third kappa shape index (κ3) is 6.73. The van der Waals surface area contributed by atoms with Crippen LogP contribution < -0.4 is 16.0 Å². The average Bonchev–Trinajstić information content (AvgIpc) is 3.15. The van der Waals surface area contributed by atoms with Gasteiger partial charge in [0.25, 0.3) is 5.91 Å². The summed E-state index contributed by atoms with van der Waals surface area (Å²) >= 11 is 1.33. The Bertz CT molecular complexity index is 757. The number of rotatable bonds is 9. The molecule has 3 rings (SSSR count). The minimum Gasteiger partial charge on any atom is -0.356 e. The fourth-order valence-corrected chi connectivity index (χ4v) is 4.07. The van der Waals surface area contributed by atoms with Crippen molar-refractivity contribution in [2.75, 3.05) is 18.4 Å². The molecule has 1 aromatic carbocycles.